The highest BCUT2D eigenvalue weighted by Crippen LogP contribution is 2.36. The lowest BCUT2D eigenvalue weighted by molar-refractivity contribution is -0.114. The number of amidine groups is 1. The Kier molecular flexibility index (Phi) is 4.69. The summed E-state index contributed by atoms with van der Waals surface area (Å²) in [4.78, 5) is 15.6. The summed E-state index contributed by atoms with van der Waals surface area (Å²) in [7, 11) is -2.35. The molecule has 0 aliphatic carbocycles. The Labute approximate surface area is 147 Å². The number of carbonyl (C=O) groups is 1. The van der Waals surface area contributed by atoms with Crippen molar-refractivity contribution in [1.82, 2.24) is 4.31 Å². The van der Waals surface area contributed by atoms with E-state index in [9.17, 15) is 17.6 Å². The van der Waals surface area contributed by atoms with Gasteiger partial charge in [-0.1, -0.05) is 0 Å². The highest BCUT2D eigenvalue weighted by molar-refractivity contribution is 7.91. The molecule has 0 aromatic heterocycles. The van der Waals surface area contributed by atoms with Gasteiger partial charge in [-0.3, -0.25) is 9.79 Å². The van der Waals surface area contributed by atoms with Crippen molar-refractivity contribution >= 4 is 27.5 Å². The van der Waals surface area contributed by atoms with Gasteiger partial charge in [0.15, 0.2) is 0 Å². The molecule has 0 saturated carbocycles. The molecule has 7 nitrogen and oxygen atoms in total. The maximum Gasteiger partial charge on any atom is 0.226 e. The second-order valence-corrected chi connectivity index (χ2v) is 9.51. The van der Waals surface area contributed by atoms with E-state index in [-0.39, 0.29) is 23.9 Å². The molecule has 1 aromatic carbocycles. The number of benzene rings is 1. The van der Waals surface area contributed by atoms with Crippen LogP contribution in [0.4, 0.5) is 10.1 Å². The predicted molar refractivity (Wildman–Crippen MR) is 95.3 cm³/mol. The number of aliphatic imine (C=N–C) groups is 1. The summed E-state index contributed by atoms with van der Waals surface area (Å²) in [6.45, 7) is 5.81. The van der Waals surface area contributed by atoms with Gasteiger partial charge in [0.25, 0.3) is 0 Å². The molecule has 1 aromatic rings. The molecule has 0 spiro atoms. The Morgan fingerprint density at radius 2 is 1.96 bits per heavy atom. The number of nitrogens with zero attached hydrogens (tertiary/aromatic N) is 2. The van der Waals surface area contributed by atoms with Crippen molar-refractivity contribution in [3.8, 4) is 0 Å². The third-order valence-electron chi connectivity index (χ3n) is 4.44. The Morgan fingerprint density at radius 1 is 1.36 bits per heavy atom. The van der Waals surface area contributed by atoms with Crippen LogP contribution < -0.4 is 11.1 Å². The molecule has 1 heterocycles. The monoisotopic (exact) mass is 370 g/mol. The number of sulfonamides is 1. The lowest BCUT2D eigenvalue weighted by atomic mass is 9.91. The molecule has 0 fully saturated rings. The van der Waals surface area contributed by atoms with E-state index in [1.807, 2.05) is 0 Å². The number of rotatable bonds is 2. The van der Waals surface area contributed by atoms with Crippen LogP contribution in [0.2, 0.25) is 0 Å². The van der Waals surface area contributed by atoms with Crippen LogP contribution in [-0.2, 0) is 20.4 Å². The van der Waals surface area contributed by atoms with Crippen LogP contribution in [0.5, 0.6) is 0 Å². The van der Waals surface area contributed by atoms with Gasteiger partial charge in [0.2, 0.25) is 15.9 Å². The number of likely N-dealkylation sites (N-methyl/N-ethyl adjacent to an activating group) is 1. The highest BCUT2D eigenvalue weighted by atomic mass is 32.2. The summed E-state index contributed by atoms with van der Waals surface area (Å²) < 4.78 is 39.6. The van der Waals surface area contributed by atoms with Crippen LogP contribution in [0.1, 0.15) is 33.3 Å². The lowest BCUT2D eigenvalue weighted by Crippen LogP contribution is -2.50. The number of carbonyl (C=O) groups excluding carboxylic acids is 1. The standard InChI is InChI=1S/C16H23FN4O3S/c1-10(22)19-11-6-7-13(17)12(8-11)16(4)9-21(5)25(23,24)15(2,3)14(18)20-16/h6-8H,9H2,1-5H3,(H2,18,20)(H,19,22). The summed E-state index contributed by atoms with van der Waals surface area (Å²) in [5.74, 6) is -0.949. The Balaban J connectivity index is 2.65. The first kappa shape index (κ1) is 19.3. The first-order chi connectivity index (χ1) is 11.3. The zero-order valence-corrected chi connectivity index (χ0v) is 15.7. The zero-order valence-electron chi connectivity index (χ0n) is 14.9. The predicted octanol–water partition coefficient (Wildman–Crippen LogP) is 1.41. The van der Waals surface area contributed by atoms with Gasteiger partial charge in [0.05, 0.1) is 0 Å². The Bertz CT molecular complexity index is 851. The summed E-state index contributed by atoms with van der Waals surface area (Å²) >= 11 is 0. The van der Waals surface area contributed by atoms with Crippen molar-refractivity contribution in [3.63, 3.8) is 0 Å². The van der Waals surface area contributed by atoms with Crippen LogP contribution in [0.25, 0.3) is 0 Å². The van der Waals surface area contributed by atoms with Gasteiger partial charge in [0, 0.05) is 31.8 Å². The second kappa shape index (κ2) is 6.06. The van der Waals surface area contributed by atoms with E-state index in [0.29, 0.717) is 5.69 Å². The fourth-order valence-electron chi connectivity index (χ4n) is 2.84. The van der Waals surface area contributed by atoms with E-state index in [0.717, 1.165) is 4.31 Å². The van der Waals surface area contributed by atoms with Gasteiger partial charge in [-0.15, -0.1) is 0 Å². The molecule has 0 radical (unpaired) electrons. The number of anilines is 1. The molecule has 0 bridgehead atoms. The average molecular weight is 370 g/mol. The fourth-order valence-corrected chi connectivity index (χ4v) is 4.35. The van der Waals surface area contributed by atoms with E-state index < -0.39 is 26.1 Å². The molecule has 9 heteroatoms. The number of hydrogen-bond acceptors (Lipinski definition) is 5. The number of nitrogens with two attached hydrogens (primary N) is 1. The SMILES string of the molecule is CC(=O)Nc1ccc(F)c(C2(C)CN(C)S(=O)(=O)C(C)(C)C(N)=N2)c1. The van der Waals surface area contributed by atoms with Crippen molar-refractivity contribution in [3.05, 3.63) is 29.6 Å². The molecular formula is C16H23FN4O3S. The number of hydrogen-bond donors (Lipinski definition) is 2. The van der Waals surface area contributed by atoms with Crippen molar-refractivity contribution in [2.75, 3.05) is 18.9 Å². The molecule has 2 rings (SSSR count). The van der Waals surface area contributed by atoms with E-state index >= 15 is 0 Å². The van der Waals surface area contributed by atoms with Gasteiger partial charge < -0.3 is 11.1 Å². The van der Waals surface area contributed by atoms with Gasteiger partial charge in [-0.25, -0.2) is 17.1 Å². The summed E-state index contributed by atoms with van der Waals surface area (Å²) in [6, 6.07) is 4.09. The molecule has 1 aliphatic rings. The molecule has 0 saturated heterocycles. The third-order valence-corrected chi connectivity index (χ3v) is 6.89. The molecular weight excluding hydrogens is 347 g/mol. The van der Waals surface area contributed by atoms with Crippen LogP contribution in [-0.4, -0.2) is 42.8 Å². The zero-order chi connectivity index (χ0) is 19.2. The highest BCUT2D eigenvalue weighted by Gasteiger charge is 2.48. The van der Waals surface area contributed by atoms with Crippen LogP contribution in [0, 0.1) is 5.82 Å². The van der Waals surface area contributed by atoms with E-state index in [1.54, 1.807) is 6.92 Å². The minimum absolute atomic E-state index is 0.0834. The summed E-state index contributed by atoms with van der Waals surface area (Å²) in [5.41, 5.74) is 5.30. The average Bonchev–Trinajstić information content (AvgIpc) is 2.51. The minimum atomic E-state index is -3.76. The quantitative estimate of drug-likeness (QED) is 0.821. The summed E-state index contributed by atoms with van der Waals surface area (Å²) in [6.07, 6.45) is 0. The molecule has 1 unspecified atom stereocenters. The van der Waals surface area contributed by atoms with Gasteiger partial charge in [-0.05, 0) is 39.0 Å². The van der Waals surface area contributed by atoms with Gasteiger partial charge in [-0.2, -0.15) is 0 Å². The first-order valence-corrected chi connectivity index (χ1v) is 9.14. The van der Waals surface area contributed by atoms with E-state index in [4.69, 9.17) is 5.73 Å². The minimum Gasteiger partial charge on any atom is -0.386 e. The van der Waals surface area contributed by atoms with Crippen LogP contribution in [0.3, 0.4) is 0 Å². The van der Waals surface area contributed by atoms with E-state index in [2.05, 4.69) is 10.3 Å². The van der Waals surface area contributed by atoms with Gasteiger partial charge in [0.1, 0.15) is 21.9 Å². The van der Waals surface area contributed by atoms with Crippen molar-refractivity contribution in [2.45, 2.75) is 38.0 Å². The maximum atomic E-state index is 14.5. The smallest absolute Gasteiger partial charge is 0.226 e. The normalized spacial score (nSPS) is 25.8. The molecule has 3 N–H and O–H groups in total. The van der Waals surface area contributed by atoms with Crippen molar-refractivity contribution in [1.29, 1.82) is 0 Å². The molecule has 1 amide bonds. The Hall–Kier alpha value is -2.00. The topological polar surface area (TPSA) is 105 Å². The Morgan fingerprint density at radius 3 is 2.52 bits per heavy atom. The summed E-state index contributed by atoms with van der Waals surface area (Å²) in [5, 5.41) is 2.58. The first-order valence-electron chi connectivity index (χ1n) is 7.70. The number of halogens is 1. The van der Waals surface area contributed by atoms with E-state index in [1.165, 1.54) is 46.0 Å². The molecule has 138 valence electrons. The number of nitrogens with one attached hydrogen (secondary N) is 1. The molecule has 1 atom stereocenters. The largest absolute Gasteiger partial charge is 0.386 e. The van der Waals surface area contributed by atoms with Crippen molar-refractivity contribution in [2.24, 2.45) is 10.7 Å². The lowest BCUT2D eigenvalue weighted by Gasteiger charge is -2.29. The van der Waals surface area contributed by atoms with Crippen molar-refractivity contribution < 1.29 is 17.6 Å². The third kappa shape index (κ3) is 3.25. The van der Waals surface area contributed by atoms with Crippen LogP contribution >= 0.6 is 0 Å². The number of amides is 1. The fraction of sp³-hybridized carbons (Fsp3) is 0.500. The maximum absolute atomic E-state index is 14.5. The molecule has 1 aliphatic heterocycles. The molecule has 25 heavy (non-hydrogen) atoms. The van der Waals surface area contributed by atoms with Crippen LogP contribution in [0.15, 0.2) is 23.2 Å². The second-order valence-electron chi connectivity index (χ2n) is 6.92. The van der Waals surface area contributed by atoms with Gasteiger partial charge >= 0.3 is 0 Å².